The van der Waals surface area contributed by atoms with Crippen molar-refractivity contribution in [3.8, 4) is 5.75 Å². The molecule has 2 amide bonds. The highest BCUT2D eigenvalue weighted by Gasteiger charge is 2.35. The molecule has 1 N–H and O–H groups in total. The van der Waals surface area contributed by atoms with Crippen LogP contribution in [0.1, 0.15) is 25.0 Å². The quantitative estimate of drug-likeness (QED) is 0.204. The van der Waals surface area contributed by atoms with Crippen LogP contribution in [0.4, 0.5) is 5.69 Å². The average Bonchev–Trinajstić information content (AvgIpc) is 3.02. The van der Waals surface area contributed by atoms with Crippen LogP contribution in [0.15, 0.2) is 114 Å². The first-order valence-electron chi connectivity index (χ1n) is 14.2. The number of rotatable bonds is 13. The third-order valence-electron chi connectivity index (χ3n) is 6.93. The van der Waals surface area contributed by atoms with Crippen LogP contribution in [0.2, 0.25) is 5.02 Å². The van der Waals surface area contributed by atoms with Crippen LogP contribution in [-0.2, 0) is 32.6 Å². The molecule has 230 valence electrons. The van der Waals surface area contributed by atoms with Crippen molar-refractivity contribution in [3.05, 3.63) is 125 Å². The zero-order valence-electron chi connectivity index (χ0n) is 24.9. The molecule has 0 aliphatic heterocycles. The molecule has 4 aromatic rings. The van der Waals surface area contributed by atoms with Crippen LogP contribution < -0.4 is 14.4 Å². The Morgan fingerprint density at radius 3 is 2.02 bits per heavy atom. The number of ether oxygens (including phenoxy) is 1. The molecule has 0 spiro atoms. The number of carbonyl (C=O) groups excluding carboxylic acids is 2. The molecule has 10 heteroatoms. The third kappa shape index (κ3) is 8.18. The maximum Gasteiger partial charge on any atom is 0.264 e. The van der Waals surface area contributed by atoms with Gasteiger partial charge >= 0.3 is 0 Å². The van der Waals surface area contributed by atoms with Crippen molar-refractivity contribution in [2.45, 2.75) is 43.8 Å². The van der Waals surface area contributed by atoms with Crippen LogP contribution in [0.25, 0.3) is 0 Å². The van der Waals surface area contributed by atoms with Gasteiger partial charge in [0.15, 0.2) is 0 Å². The summed E-state index contributed by atoms with van der Waals surface area (Å²) in [6, 6.07) is 29.8. The lowest BCUT2D eigenvalue weighted by molar-refractivity contribution is -0.140. The molecule has 0 fully saturated rings. The smallest absolute Gasteiger partial charge is 0.264 e. The number of carbonyl (C=O) groups is 2. The summed E-state index contributed by atoms with van der Waals surface area (Å²) < 4.78 is 34.7. The summed E-state index contributed by atoms with van der Waals surface area (Å²) >= 11 is 6.13. The van der Waals surface area contributed by atoms with Crippen molar-refractivity contribution in [2.75, 3.05) is 18.0 Å². The minimum absolute atomic E-state index is 0.0151. The van der Waals surface area contributed by atoms with E-state index in [9.17, 15) is 18.0 Å². The second kappa shape index (κ2) is 14.9. The van der Waals surface area contributed by atoms with Gasteiger partial charge in [-0.15, -0.1) is 0 Å². The van der Waals surface area contributed by atoms with Crippen molar-refractivity contribution < 1.29 is 22.7 Å². The van der Waals surface area contributed by atoms with E-state index in [4.69, 9.17) is 16.3 Å². The molecule has 0 aliphatic carbocycles. The number of hydrogen-bond donors (Lipinski definition) is 1. The van der Waals surface area contributed by atoms with Gasteiger partial charge in [-0.3, -0.25) is 13.9 Å². The first-order chi connectivity index (χ1) is 21.1. The Hall–Kier alpha value is -4.34. The number of anilines is 1. The fraction of sp³-hybridized carbons (Fsp3) is 0.235. The molecule has 4 aromatic carbocycles. The highest BCUT2D eigenvalue weighted by atomic mass is 35.5. The van der Waals surface area contributed by atoms with E-state index in [1.807, 2.05) is 44.2 Å². The zero-order chi connectivity index (χ0) is 31.7. The Labute approximate surface area is 264 Å². The summed E-state index contributed by atoms with van der Waals surface area (Å²) in [6.45, 7) is 3.16. The predicted molar refractivity (Wildman–Crippen MR) is 173 cm³/mol. The molecule has 1 unspecified atom stereocenters. The molecule has 8 nitrogen and oxygen atoms in total. The lowest BCUT2D eigenvalue weighted by Gasteiger charge is -2.34. The fourth-order valence-corrected chi connectivity index (χ4v) is 6.36. The van der Waals surface area contributed by atoms with Crippen molar-refractivity contribution in [1.29, 1.82) is 0 Å². The largest absolute Gasteiger partial charge is 0.495 e. The first kappa shape index (κ1) is 32.6. The highest BCUT2D eigenvalue weighted by Crippen LogP contribution is 2.32. The van der Waals surface area contributed by atoms with Crippen LogP contribution in [0, 0.1) is 0 Å². The molecular weight excluding hydrogens is 598 g/mol. The monoisotopic (exact) mass is 633 g/mol. The van der Waals surface area contributed by atoms with E-state index in [1.54, 1.807) is 66.7 Å². The van der Waals surface area contributed by atoms with Crippen molar-refractivity contribution in [1.82, 2.24) is 10.2 Å². The molecule has 0 aliphatic rings. The lowest BCUT2D eigenvalue weighted by atomic mass is 10.0. The normalized spacial score (nSPS) is 11.9. The van der Waals surface area contributed by atoms with Crippen LogP contribution in [-0.4, -0.2) is 50.9 Å². The molecule has 0 saturated heterocycles. The van der Waals surface area contributed by atoms with E-state index in [-0.39, 0.29) is 41.2 Å². The van der Waals surface area contributed by atoms with E-state index in [0.717, 1.165) is 15.4 Å². The van der Waals surface area contributed by atoms with Gasteiger partial charge in [0, 0.05) is 24.0 Å². The molecule has 0 radical (unpaired) electrons. The lowest BCUT2D eigenvalue weighted by Crippen LogP contribution is -2.54. The maximum atomic E-state index is 14.5. The predicted octanol–water partition coefficient (Wildman–Crippen LogP) is 5.71. The minimum atomic E-state index is -4.23. The number of nitrogens with zero attached hydrogens (tertiary/aromatic N) is 2. The van der Waals surface area contributed by atoms with Gasteiger partial charge in [-0.05, 0) is 61.4 Å². The van der Waals surface area contributed by atoms with Gasteiger partial charge in [0.1, 0.15) is 18.3 Å². The highest BCUT2D eigenvalue weighted by molar-refractivity contribution is 7.92. The molecular formula is C34H36ClN3O5S. The molecule has 44 heavy (non-hydrogen) atoms. The third-order valence-corrected chi connectivity index (χ3v) is 8.96. The number of amides is 2. The summed E-state index contributed by atoms with van der Waals surface area (Å²) in [5.74, 6) is -0.631. The SMILES string of the molecule is COc1ccccc1N(CC(=O)N(Cc1ccc(Cl)cc1)C(Cc1ccccc1)C(=O)NC(C)C)S(=O)(=O)c1ccccc1. The van der Waals surface area contributed by atoms with E-state index < -0.39 is 28.5 Å². The second-order valence-electron chi connectivity index (χ2n) is 10.5. The second-order valence-corrected chi connectivity index (χ2v) is 12.8. The summed E-state index contributed by atoms with van der Waals surface area (Å²) in [5, 5.41) is 3.48. The maximum absolute atomic E-state index is 14.5. The standard InChI is InChI=1S/C34H36ClN3O5S/c1-25(2)36-34(40)31(22-26-12-6-4-7-13-26)37(23-27-18-20-28(35)21-19-27)33(39)24-38(30-16-10-11-17-32(30)43-3)44(41,42)29-14-8-5-9-15-29/h4-21,25,31H,22-24H2,1-3H3,(H,36,40). The molecule has 0 saturated carbocycles. The van der Waals surface area contributed by atoms with Crippen LogP contribution >= 0.6 is 11.6 Å². The molecule has 0 bridgehead atoms. The Morgan fingerprint density at radius 1 is 0.818 bits per heavy atom. The zero-order valence-corrected chi connectivity index (χ0v) is 26.5. The van der Waals surface area contributed by atoms with Gasteiger partial charge in [-0.25, -0.2) is 8.42 Å². The Bertz CT molecular complexity index is 1650. The number of methoxy groups -OCH3 is 1. The van der Waals surface area contributed by atoms with E-state index in [1.165, 1.54) is 24.1 Å². The van der Waals surface area contributed by atoms with E-state index >= 15 is 0 Å². The van der Waals surface area contributed by atoms with Gasteiger partial charge in [0.25, 0.3) is 10.0 Å². The number of hydrogen-bond acceptors (Lipinski definition) is 5. The molecule has 0 heterocycles. The molecule has 4 rings (SSSR count). The van der Waals surface area contributed by atoms with Crippen molar-refractivity contribution >= 4 is 39.1 Å². The van der Waals surface area contributed by atoms with Gasteiger partial charge in [-0.2, -0.15) is 0 Å². The summed E-state index contributed by atoms with van der Waals surface area (Å²) in [5.41, 5.74) is 1.78. The topological polar surface area (TPSA) is 96.0 Å². The first-order valence-corrected chi connectivity index (χ1v) is 16.0. The van der Waals surface area contributed by atoms with Gasteiger partial charge in [-0.1, -0.05) is 84.4 Å². The number of para-hydroxylation sites is 2. The number of nitrogens with one attached hydrogen (secondary N) is 1. The van der Waals surface area contributed by atoms with Gasteiger partial charge in [0.2, 0.25) is 11.8 Å². The van der Waals surface area contributed by atoms with Crippen molar-refractivity contribution in [3.63, 3.8) is 0 Å². The molecule has 1 atom stereocenters. The Morgan fingerprint density at radius 2 is 1.41 bits per heavy atom. The van der Waals surface area contributed by atoms with Gasteiger partial charge < -0.3 is 15.0 Å². The van der Waals surface area contributed by atoms with Crippen LogP contribution in [0.3, 0.4) is 0 Å². The number of benzene rings is 4. The fourth-order valence-electron chi connectivity index (χ4n) is 4.79. The van der Waals surface area contributed by atoms with Crippen LogP contribution in [0.5, 0.6) is 5.75 Å². The number of halogens is 1. The summed E-state index contributed by atoms with van der Waals surface area (Å²) in [7, 11) is -2.79. The summed E-state index contributed by atoms with van der Waals surface area (Å²) in [4.78, 5) is 29.7. The minimum Gasteiger partial charge on any atom is -0.495 e. The van der Waals surface area contributed by atoms with E-state index in [0.29, 0.717) is 5.02 Å². The Balaban J connectivity index is 1.82. The molecule has 0 aromatic heterocycles. The van der Waals surface area contributed by atoms with Gasteiger partial charge in [0.05, 0.1) is 17.7 Å². The van der Waals surface area contributed by atoms with Crippen molar-refractivity contribution in [2.24, 2.45) is 0 Å². The summed E-state index contributed by atoms with van der Waals surface area (Å²) in [6.07, 6.45) is 0.221. The van der Waals surface area contributed by atoms with E-state index in [2.05, 4.69) is 5.32 Å². The average molecular weight is 634 g/mol. The Kier molecular flexibility index (Phi) is 11.0. The number of sulfonamides is 1.